The van der Waals surface area contributed by atoms with E-state index in [0.29, 0.717) is 23.5 Å². The van der Waals surface area contributed by atoms with Crippen LogP contribution in [0.3, 0.4) is 0 Å². The maximum absolute atomic E-state index is 11.1. The Hall–Kier alpha value is -1.38. The van der Waals surface area contributed by atoms with Crippen LogP contribution >= 0.6 is 0 Å². The molecule has 1 atom stereocenters. The molecule has 8 heteroatoms. The summed E-state index contributed by atoms with van der Waals surface area (Å²) in [5.41, 5.74) is 0.524. The molecule has 1 saturated heterocycles. The van der Waals surface area contributed by atoms with Gasteiger partial charge in [-0.1, -0.05) is 0 Å². The first-order valence-electron chi connectivity index (χ1n) is 5.12. The third-order valence-corrected chi connectivity index (χ3v) is 2.92. The molecule has 0 saturated carbocycles. The summed E-state index contributed by atoms with van der Waals surface area (Å²) in [7, 11) is -2.92. The van der Waals surface area contributed by atoms with Crippen molar-refractivity contribution in [1.29, 1.82) is 0 Å². The van der Waals surface area contributed by atoms with Crippen molar-refractivity contribution < 1.29 is 17.3 Å². The number of rotatable bonds is 5. The molecule has 0 radical (unpaired) electrons. The quantitative estimate of drug-likeness (QED) is 0.267. The number of thiol groups is 1. The van der Waals surface area contributed by atoms with Gasteiger partial charge in [-0.05, 0) is 6.07 Å². The van der Waals surface area contributed by atoms with Gasteiger partial charge >= 0.3 is 0 Å². The van der Waals surface area contributed by atoms with Crippen LogP contribution < -0.4 is 15.4 Å². The number of nitrogens with one attached hydrogen (secondary N) is 2. The van der Waals surface area contributed by atoms with Gasteiger partial charge in [-0.25, -0.2) is 12.6 Å². The third kappa shape index (κ3) is 3.29. The SMILES string of the molecule is O=[SH](=O)OC(Nc1ccc[n+]([O-])c1)C1CNC1. The first-order chi connectivity index (χ1) is 8.15. The summed E-state index contributed by atoms with van der Waals surface area (Å²) < 4.78 is 26.6. The van der Waals surface area contributed by atoms with Crippen LogP contribution in [0.1, 0.15) is 0 Å². The molecule has 0 spiro atoms. The molecule has 1 aromatic heterocycles. The predicted molar refractivity (Wildman–Crippen MR) is 60.6 cm³/mol. The first kappa shape index (κ1) is 12.1. The summed E-state index contributed by atoms with van der Waals surface area (Å²) in [6.07, 6.45) is 2.03. The average molecular weight is 259 g/mol. The fourth-order valence-corrected chi connectivity index (χ4v) is 1.96. The van der Waals surface area contributed by atoms with E-state index < -0.39 is 17.2 Å². The zero-order valence-corrected chi connectivity index (χ0v) is 9.80. The van der Waals surface area contributed by atoms with Gasteiger partial charge in [0.25, 0.3) is 11.0 Å². The van der Waals surface area contributed by atoms with Gasteiger partial charge in [-0.3, -0.25) is 0 Å². The molecular formula is C9H13N3O4S. The summed E-state index contributed by atoms with van der Waals surface area (Å²) in [4.78, 5) is 0. The number of pyridine rings is 1. The van der Waals surface area contributed by atoms with Crippen molar-refractivity contribution in [1.82, 2.24) is 5.32 Å². The Morgan fingerprint density at radius 3 is 2.88 bits per heavy atom. The predicted octanol–water partition coefficient (Wildman–Crippen LogP) is -1.18. The molecule has 2 heterocycles. The number of aromatic nitrogens is 1. The minimum atomic E-state index is -2.92. The Morgan fingerprint density at radius 2 is 2.35 bits per heavy atom. The van der Waals surface area contributed by atoms with Gasteiger partial charge in [0.05, 0.1) is 0 Å². The van der Waals surface area contributed by atoms with Crippen LogP contribution in [0.5, 0.6) is 0 Å². The molecule has 7 nitrogen and oxygen atoms in total. The molecule has 2 rings (SSSR count). The van der Waals surface area contributed by atoms with E-state index in [1.54, 1.807) is 12.1 Å². The Kier molecular flexibility index (Phi) is 3.77. The normalized spacial score (nSPS) is 17.7. The Labute approximate surface area is 100 Å². The molecule has 94 valence electrons. The van der Waals surface area contributed by atoms with E-state index in [-0.39, 0.29) is 5.92 Å². The molecule has 1 aliphatic rings. The van der Waals surface area contributed by atoms with Crippen molar-refractivity contribution in [2.45, 2.75) is 6.23 Å². The molecule has 1 unspecified atom stereocenters. The smallest absolute Gasteiger partial charge is 0.259 e. The second kappa shape index (κ2) is 5.30. The first-order valence-corrected chi connectivity index (χ1v) is 6.22. The minimum Gasteiger partial charge on any atom is -0.619 e. The highest BCUT2D eigenvalue weighted by molar-refractivity contribution is 7.67. The zero-order chi connectivity index (χ0) is 12.3. The van der Waals surface area contributed by atoms with Crippen molar-refractivity contribution in [3.8, 4) is 0 Å². The van der Waals surface area contributed by atoms with E-state index in [9.17, 15) is 13.6 Å². The molecular weight excluding hydrogens is 246 g/mol. The zero-order valence-electron chi connectivity index (χ0n) is 8.91. The van der Waals surface area contributed by atoms with Crippen molar-refractivity contribution in [2.75, 3.05) is 18.4 Å². The minimum absolute atomic E-state index is 0.0724. The van der Waals surface area contributed by atoms with Crippen LogP contribution in [0, 0.1) is 11.1 Å². The summed E-state index contributed by atoms with van der Waals surface area (Å²) in [5, 5.41) is 17.0. The van der Waals surface area contributed by atoms with Gasteiger partial charge in [0.15, 0.2) is 12.4 Å². The van der Waals surface area contributed by atoms with Crippen molar-refractivity contribution in [3.63, 3.8) is 0 Å². The summed E-state index contributed by atoms with van der Waals surface area (Å²) in [5.74, 6) is 0.0724. The summed E-state index contributed by atoms with van der Waals surface area (Å²) in [6, 6.07) is 3.25. The molecule has 0 aromatic carbocycles. The number of anilines is 1. The van der Waals surface area contributed by atoms with Crippen LogP contribution in [0.4, 0.5) is 5.69 Å². The lowest BCUT2D eigenvalue weighted by Gasteiger charge is -2.33. The van der Waals surface area contributed by atoms with Gasteiger partial charge in [-0.15, -0.1) is 0 Å². The molecule has 1 aromatic rings. The van der Waals surface area contributed by atoms with Crippen molar-refractivity contribution >= 4 is 16.7 Å². The van der Waals surface area contributed by atoms with E-state index >= 15 is 0 Å². The monoisotopic (exact) mass is 259 g/mol. The highest BCUT2D eigenvalue weighted by Crippen LogP contribution is 2.16. The fourth-order valence-electron chi connectivity index (χ4n) is 1.55. The lowest BCUT2D eigenvalue weighted by molar-refractivity contribution is -0.604. The summed E-state index contributed by atoms with van der Waals surface area (Å²) >= 11 is 0. The second-order valence-corrected chi connectivity index (χ2v) is 4.42. The Balaban J connectivity index is 2.05. The van der Waals surface area contributed by atoms with Gasteiger partial charge < -0.3 is 15.8 Å². The van der Waals surface area contributed by atoms with Crippen LogP contribution in [-0.4, -0.2) is 27.7 Å². The fraction of sp³-hybridized carbons (Fsp3) is 0.444. The number of hydrogen-bond donors (Lipinski definition) is 3. The van der Waals surface area contributed by atoms with Gasteiger partial charge in [-0.2, -0.15) is 4.73 Å². The topological polar surface area (TPSA) is 94.4 Å². The van der Waals surface area contributed by atoms with Crippen molar-refractivity contribution in [2.24, 2.45) is 5.92 Å². The van der Waals surface area contributed by atoms with Crippen LogP contribution in [0.2, 0.25) is 0 Å². The largest absolute Gasteiger partial charge is 0.619 e. The molecule has 0 amide bonds. The van der Waals surface area contributed by atoms with Crippen LogP contribution in [0.25, 0.3) is 0 Å². The maximum Gasteiger partial charge on any atom is 0.259 e. The van der Waals surface area contributed by atoms with Crippen LogP contribution in [0.15, 0.2) is 24.5 Å². The molecule has 1 aliphatic heterocycles. The van der Waals surface area contributed by atoms with E-state index in [1.807, 2.05) is 0 Å². The van der Waals surface area contributed by atoms with E-state index in [1.165, 1.54) is 12.4 Å². The second-order valence-electron chi connectivity index (χ2n) is 3.76. The molecule has 0 bridgehead atoms. The summed E-state index contributed by atoms with van der Waals surface area (Å²) in [6.45, 7) is 1.37. The maximum atomic E-state index is 11.1. The molecule has 1 fully saturated rings. The van der Waals surface area contributed by atoms with Crippen LogP contribution in [-0.2, 0) is 15.2 Å². The standard InChI is InChI=1S/C9H13N3O4S/c13-12-3-1-2-8(6-12)11-9(16-17(14)15)7-4-10-5-7/h1-3,6-7,9-11,17H,4-5H2. The number of hydrogen-bond acceptors (Lipinski definition) is 6. The molecule has 17 heavy (non-hydrogen) atoms. The highest BCUT2D eigenvalue weighted by Gasteiger charge is 2.29. The van der Waals surface area contributed by atoms with E-state index in [4.69, 9.17) is 4.18 Å². The molecule has 2 N–H and O–H groups in total. The molecule has 0 aliphatic carbocycles. The Bertz CT molecular complexity index is 453. The highest BCUT2D eigenvalue weighted by atomic mass is 32.2. The van der Waals surface area contributed by atoms with E-state index in [2.05, 4.69) is 10.6 Å². The van der Waals surface area contributed by atoms with Gasteiger partial charge in [0.1, 0.15) is 5.69 Å². The van der Waals surface area contributed by atoms with Gasteiger partial charge in [0.2, 0.25) is 6.20 Å². The lowest BCUT2D eigenvalue weighted by atomic mass is 10.0. The average Bonchev–Trinajstić information content (AvgIpc) is 2.13. The third-order valence-electron chi connectivity index (χ3n) is 2.52. The lowest BCUT2D eigenvalue weighted by Crippen LogP contribution is -2.52. The number of nitrogens with zero attached hydrogens (tertiary/aromatic N) is 1. The van der Waals surface area contributed by atoms with E-state index in [0.717, 1.165) is 0 Å². The Morgan fingerprint density at radius 1 is 1.59 bits per heavy atom. The van der Waals surface area contributed by atoms with Crippen molar-refractivity contribution in [3.05, 3.63) is 29.7 Å². The van der Waals surface area contributed by atoms with Gasteiger partial charge in [0, 0.05) is 25.1 Å².